The van der Waals surface area contributed by atoms with Crippen molar-refractivity contribution in [1.82, 2.24) is 9.55 Å². The molecule has 7 nitrogen and oxygen atoms in total. The number of nitro benzene ring substituents is 1. The Morgan fingerprint density at radius 2 is 2.04 bits per heavy atom. The SMILES string of the molecule is Cc1ccc([N+](=O)[O-])cc1NC(=O)[C@H](C)n1cnc2ccccc21. The number of benzene rings is 2. The quantitative estimate of drug-likeness (QED) is 0.588. The monoisotopic (exact) mass is 324 g/mol. The zero-order valence-electron chi connectivity index (χ0n) is 13.3. The van der Waals surface area contributed by atoms with Crippen LogP contribution in [0.1, 0.15) is 18.5 Å². The Labute approximate surface area is 138 Å². The molecule has 0 spiro atoms. The number of nitrogens with zero attached hydrogens (tertiary/aromatic N) is 3. The van der Waals surface area contributed by atoms with Gasteiger partial charge in [-0.2, -0.15) is 0 Å². The van der Waals surface area contributed by atoms with Crippen molar-refractivity contribution in [2.24, 2.45) is 0 Å². The second kappa shape index (κ2) is 6.11. The number of rotatable bonds is 4. The van der Waals surface area contributed by atoms with Gasteiger partial charge in [0.15, 0.2) is 0 Å². The van der Waals surface area contributed by atoms with Gasteiger partial charge in [-0.15, -0.1) is 0 Å². The molecule has 0 saturated carbocycles. The van der Waals surface area contributed by atoms with Crippen molar-refractivity contribution in [3.8, 4) is 0 Å². The Morgan fingerprint density at radius 3 is 2.79 bits per heavy atom. The zero-order chi connectivity index (χ0) is 17.3. The minimum Gasteiger partial charge on any atom is -0.324 e. The molecule has 1 atom stereocenters. The summed E-state index contributed by atoms with van der Waals surface area (Å²) >= 11 is 0. The Hall–Kier alpha value is -3.22. The highest BCUT2D eigenvalue weighted by atomic mass is 16.6. The van der Waals surface area contributed by atoms with Crippen LogP contribution in [0.3, 0.4) is 0 Å². The van der Waals surface area contributed by atoms with Gasteiger partial charge in [-0.3, -0.25) is 14.9 Å². The molecule has 1 amide bonds. The Balaban J connectivity index is 1.87. The lowest BCUT2D eigenvalue weighted by Crippen LogP contribution is -2.23. The first-order valence-electron chi connectivity index (χ1n) is 7.45. The maximum absolute atomic E-state index is 12.6. The number of para-hydroxylation sites is 2. The van der Waals surface area contributed by atoms with Crippen molar-refractivity contribution < 1.29 is 9.72 Å². The van der Waals surface area contributed by atoms with E-state index < -0.39 is 11.0 Å². The first kappa shape index (κ1) is 15.7. The molecule has 3 aromatic rings. The number of carbonyl (C=O) groups is 1. The van der Waals surface area contributed by atoms with Crippen molar-refractivity contribution in [2.45, 2.75) is 19.9 Å². The standard InChI is InChI=1S/C17H16N4O3/c1-11-7-8-13(21(23)24)9-15(11)19-17(22)12(2)20-10-18-14-5-3-4-6-16(14)20/h3-10,12H,1-2H3,(H,19,22)/t12-/m0/s1. The molecule has 0 fully saturated rings. The fourth-order valence-electron chi connectivity index (χ4n) is 2.51. The van der Waals surface area contributed by atoms with Gasteiger partial charge in [-0.25, -0.2) is 4.98 Å². The molecule has 7 heteroatoms. The summed E-state index contributed by atoms with van der Waals surface area (Å²) in [5.74, 6) is -0.262. The van der Waals surface area contributed by atoms with Crippen LogP contribution in [0.15, 0.2) is 48.8 Å². The molecule has 24 heavy (non-hydrogen) atoms. The van der Waals surface area contributed by atoms with Crippen molar-refractivity contribution in [2.75, 3.05) is 5.32 Å². The molecule has 0 radical (unpaired) electrons. The maximum Gasteiger partial charge on any atom is 0.271 e. The number of nitro groups is 1. The first-order valence-corrected chi connectivity index (χ1v) is 7.45. The van der Waals surface area contributed by atoms with Gasteiger partial charge in [0.2, 0.25) is 5.91 Å². The van der Waals surface area contributed by atoms with Crippen molar-refractivity contribution in [3.05, 3.63) is 64.5 Å². The third-order valence-corrected chi connectivity index (χ3v) is 3.97. The maximum atomic E-state index is 12.6. The summed E-state index contributed by atoms with van der Waals surface area (Å²) < 4.78 is 1.78. The zero-order valence-corrected chi connectivity index (χ0v) is 13.3. The Bertz CT molecular complexity index is 932. The van der Waals surface area contributed by atoms with Crippen molar-refractivity contribution >= 4 is 28.3 Å². The molecule has 0 bridgehead atoms. The van der Waals surface area contributed by atoms with Gasteiger partial charge in [0.25, 0.3) is 5.69 Å². The molecule has 0 unspecified atom stereocenters. The molecule has 122 valence electrons. The number of aromatic nitrogens is 2. The number of carbonyl (C=O) groups excluding carboxylic acids is 1. The summed E-state index contributed by atoms with van der Waals surface area (Å²) in [6.07, 6.45) is 1.62. The number of hydrogen-bond donors (Lipinski definition) is 1. The number of amides is 1. The lowest BCUT2D eigenvalue weighted by Gasteiger charge is -2.15. The van der Waals surface area contributed by atoms with E-state index in [2.05, 4.69) is 10.3 Å². The van der Waals surface area contributed by atoms with Gasteiger partial charge in [0, 0.05) is 12.1 Å². The normalized spacial score (nSPS) is 12.1. The number of non-ortho nitro benzene ring substituents is 1. The molecule has 1 aromatic heterocycles. The van der Waals surface area contributed by atoms with E-state index in [4.69, 9.17) is 0 Å². The van der Waals surface area contributed by atoms with E-state index in [9.17, 15) is 14.9 Å². The highest BCUT2D eigenvalue weighted by Gasteiger charge is 2.19. The summed E-state index contributed by atoms with van der Waals surface area (Å²) in [7, 11) is 0. The van der Waals surface area contributed by atoms with E-state index >= 15 is 0 Å². The predicted octanol–water partition coefficient (Wildman–Crippen LogP) is 3.45. The van der Waals surface area contributed by atoms with Crippen LogP contribution in [0.25, 0.3) is 11.0 Å². The van der Waals surface area contributed by atoms with Crippen molar-refractivity contribution in [3.63, 3.8) is 0 Å². The molecule has 1 N–H and O–H groups in total. The lowest BCUT2D eigenvalue weighted by molar-refractivity contribution is -0.384. The average molecular weight is 324 g/mol. The summed E-state index contributed by atoms with van der Waals surface area (Å²) in [6, 6.07) is 11.4. The minimum absolute atomic E-state index is 0.0587. The van der Waals surface area contributed by atoms with Crippen LogP contribution >= 0.6 is 0 Å². The molecular formula is C17H16N4O3. The van der Waals surface area contributed by atoms with Gasteiger partial charge in [-0.05, 0) is 31.5 Å². The Morgan fingerprint density at radius 1 is 1.29 bits per heavy atom. The van der Waals surface area contributed by atoms with E-state index in [1.807, 2.05) is 24.3 Å². The first-order chi connectivity index (χ1) is 11.5. The van der Waals surface area contributed by atoms with Gasteiger partial charge < -0.3 is 9.88 Å². The number of fused-ring (bicyclic) bond motifs is 1. The number of aryl methyl sites for hydroxylation is 1. The topological polar surface area (TPSA) is 90.1 Å². The summed E-state index contributed by atoms with van der Waals surface area (Å²) in [5, 5.41) is 13.7. The van der Waals surface area contributed by atoms with Crippen LogP contribution in [0.4, 0.5) is 11.4 Å². The lowest BCUT2D eigenvalue weighted by atomic mass is 10.1. The molecule has 0 aliphatic heterocycles. The summed E-state index contributed by atoms with van der Waals surface area (Å²) in [4.78, 5) is 27.2. The van der Waals surface area contributed by atoms with Crippen LogP contribution in [0.5, 0.6) is 0 Å². The summed E-state index contributed by atoms with van der Waals surface area (Å²) in [5.41, 5.74) is 2.80. The molecule has 0 aliphatic carbocycles. The third-order valence-electron chi connectivity index (χ3n) is 3.97. The molecule has 0 saturated heterocycles. The fraction of sp³-hybridized carbons (Fsp3) is 0.176. The van der Waals surface area contributed by atoms with Crippen LogP contribution in [0.2, 0.25) is 0 Å². The van der Waals surface area contributed by atoms with Gasteiger partial charge in [0.05, 0.1) is 28.0 Å². The third kappa shape index (κ3) is 2.83. The Kier molecular flexibility index (Phi) is 3.99. The number of anilines is 1. The van der Waals surface area contributed by atoms with Crippen molar-refractivity contribution in [1.29, 1.82) is 0 Å². The van der Waals surface area contributed by atoms with Gasteiger partial charge >= 0.3 is 0 Å². The largest absolute Gasteiger partial charge is 0.324 e. The molecule has 1 heterocycles. The minimum atomic E-state index is -0.504. The highest BCUT2D eigenvalue weighted by molar-refractivity contribution is 5.95. The highest BCUT2D eigenvalue weighted by Crippen LogP contribution is 2.24. The fourth-order valence-corrected chi connectivity index (χ4v) is 2.51. The van der Waals surface area contributed by atoms with E-state index in [1.165, 1.54) is 12.1 Å². The summed E-state index contributed by atoms with van der Waals surface area (Å²) in [6.45, 7) is 3.55. The number of hydrogen-bond acceptors (Lipinski definition) is 4. The van der Waals surface area contributed by atoms with Gasteiger partial charge in [-0.1, -0.05) is 18.2 Å². The van der Waals surface area contributed by atoms with Crippen LogP contribution in [0, 0.1) is 17.0 Å². The van der Waals surface area contributed by atoms with E-state index in [1.54, 1.807) is 30.8 Å². The number of imidazole rings is 1. The van der Waals surface area contributed by atoms with E-state index in [0.29, 0.717) is 5.69 Å². The number of nitrogens with one attached hydrogen (secondary N) is 1. The molecule has 2 aromatic carbocycles. The van der Waals surface area contributed by atoms with Crippen LogP contribution in [-0.4, -0.2) is 20.4 Å². The average Bonchev–Trinajstić information content (AvgIpc) is 2.99. The van der Waals surface area contributed by atoms with Crippen LogP contribution in [-0.2, 0) is 4.79 Å². The van der Waals surface area contributed by atoms with E-state index in [-0.39, 0.29) is 11.6 Å². The second-order valence-electron chi connectivity index (χ2n) is 5.56. The van der Waals surface area contributed by atoms with Crippen LogP contribution < -0.4 is 5.32 Å². The molecule has 3 rings (SSSR count). The second-order valence-corrected chi connectivity index (χ2v) is 5.56. The molecular weight excluding hydrogens is 308 g/mol. The van der Waals surface area contributed by atoms with Gasteiger partial charge in [0.1, 0.15) is 6.04 Å². The smallest absolute Gasteiger partial charge is 0.271 e. The van der Waals surface area contributed by atoms with E-state index in [0.717, 1.165) is 16.6 Å². The molecule has 0 aliphatic rings. The predicted molar refractivity (Wildman–Crippen MR) is 90.9 cm³/mol.